The Morgan fingerprint density at radius 1 is 1.29 bits per heavy atom. The number of hydrogen-bond donors (Lipinski definition) is 2. The van der Waals surface area contributed by atoms with E-state index in [1.54, 1.807) is 0 Å². The summed E-state index contributed by atoms with van der Waals surface area (Å²) in [4.78, 5) is 12.1. The summed E-state index contributed by atoms with van der Waals surface area (Å²) >= 11 is 1.41. The Morgan fingerprint density at radius 3 is 2.76 bits per heavy atom. The van der Waals surface area contributed by atoms with E-state index < -0.39 is 6.04 Å². The molecular formula is C15H20N4OS. The van der Waals surface area contributed by atoms with E-state index >= 15 is 0 Å². The maximum Gasteiger partial charge on any atom is 0.247 e. The number of carbonyl (C=O) groups is 1. The molecule has 6 heteroatoms. The number of carbonyl (C=O) groups excluding carboxylic acids is 1. The molecule has 21 heavy (non-hydrogen) atoms. The number of nitrogens with one attached hydrogen (secondary N) is 1. The third kappa shape index (κ3) is 4.61. The molecule has 3 N–H and O–H groups in total. The van der Waals surface area contributed by atoms with Crippen LogP contribution in [0.3, 0.4) is 0 Å². The molecule has 0 bridgehead atoms. The van der Waals surface area contributed by atoms with Crippen LogP contribution in [-0.2, 0) is 11.2 Å². The molecular weight excluding hydrogens is 284 g/mol. The molecule has 1 unspecified atom stereocenters. The molecule has 0 saturated carbocycles. The van der Waals surface area contributed by atoms with Crippen molar-refractivity contribution in [1.82, 2.24) is 10.2 Å². The molecule has 5 nitrogen and oxygen atoms in total. The van der Waals surface area contributed by atoms with Gasteiger partial charge >= 0.3 is 0 Å². The fourth-order valence-corrected chi connectivity index (χ4v) is 2.71. The number of hydrogen-bond acceptors (Lipinski definition) is 5. The van der Waals surface area contributed by atoms with Crippen LogP contribution in [0.4, 0.5) is 5.13 Å². The minimum atomic E-state index is -0.696. The molecule has 1 aromatic carbocycles. The first-order valence-electron chi connectivity index (χ1n) is 7.14. The summed E-state index contributed by atoms with van der Waals surface area (Å²) in [6.45, 7) is 2.16. The number of unbranched alkanes of at least 4 members (excludes halogenated alkanes) is 2. The molecule has 0 saturated heterocycles. The Hall–Kier alpha value is -1.79. The molecule has 1 heterocycles. The lowest BCUT2D eigenvalue weighted by atomic mass is 10.1. The summed E-state index contributed by atoms with van der Waals surface area (Å²) < 4.78 is 0. The lowest BCUT2D eigenvalue weighted by molar-refractivity contribution is -0.117. The summed E-state index contributed by atoms with van der Waals surface area (Å²) in [5, 5.41) is 12.3. The molecule has 0 aliphatic rings. The maximum atomic E-state index is 12.1. The summed E-state index contributed by atoms with van der Waals surface area (Å²) in [5.74, 6) is -0.266. The standard InChI is InChI=1S/C15H20N4OS/c1-2-3-5-10-12-18-19-15(21-12)17-14(20)13(16)11-8-6-4-7-9-11/h4,6-9,13H,2-3,5,10,16H2,1H3,(H,17,19,20). The SMILES string of the molecule is CCCCCc1nnc(NC(=O)C(N)c2ccccc2)s1. The number of anilines is 1. The molecule has 1 aromatic heterocycles. The van der Waals surface area contributed by atoms with Crippen molar-refractivity contribution in [2.45, 2.75) is 38.6 Å². The molecule has 2 rings (SSSR count). The van der Waals surface area contributed by atoms with Gasteiger partial charge in [-0.25, -0.2) is 0 Å². The monoisotopic (exact) mass is 304 g/mol. The smallest absolute Gasteiger partial charge is 0.247 e. The summed E-state index contributed by atoms with van der Waals surface area (Å²) in [6.07, 6.45) is 4.36. The van der Waals surface area contributed by atoms with Gasteiger partial charge in [0.1, 0.15) is 11.0 Å². The number of benzene rings is 1. The van der Waals surface area contributed by atoms with Gasteiger partial charge in [0.15, 0.2) is 0 Å². The predicted octanol–water partition coefficient (Wildman–Crippen LogP) is 2.91. The zero-order valence-electron chi connectivity index (χ0n) is 12.1. The minimum Gasteiger partial charge on any atom is -0.316 e. The molecule has 2 aromatic rings. The van der Waals surface area contributed by atoms with Crippen LogP contribution < -0.4 is 11.1 Å². The number of aromatic nitrogens is 2. The highest BCUT2D eigenvalue weighted by Gasteiger charge is 2.17. The topological polar surface area (TPSA) is 80.9 Å². The lowest BCUT2D eigenvalue weighted by Crippen LogP contribution is -2.27. The Kier molecular flexibility index (Phi) is 5.83. The highest BCUT2D eigenvalue weighted by Crippen LogP contribution is 2.19. The van der Waals surface area contributed by atoms with Crippen molar-refractivity contribution >= 4 is 22.4 Å². The Bertz CT molecular complexity index is 570. The Labute approximate surface area is 128 Å². The van der Waals surface area contributed by atoms with Gasteiger partial charge in [-0.2, -0.15) is 0 Å². The van der Waals surface area contributed by atoms with Crippen molar-refractivity contribution in [3.8, 4) is 0 Å². The molecule has 1 amide bonds. The van der Waals surface area contributed by atoms with Gasteiger partial charge in [0, 0.05) is 6.42 Å². The van der Waals surface area contributed by atoms with Crippen molar-refractivity contribution in [3.05, 3.63) is 40.9 Å². The van der Waals surface area contributed by atoms with E-state index in [4.69, 9.17) is 5.73 Å². The van der Waals surface area contributed by atoms with Crippen molar-refractivity contribution < 1.29 is 4.79 Å². The lowest BCUT2D eigenvalue weighted by Gasteiger charge is -2.10. The van der Waals surface area contributed by atoms with E-state index in [2.05, 4.69) is 22.4 Å². The predicted molar refractivity (Wildman–Crippen MR) is 85.1 cm³/mol. The second-order valence-electron chi connectivity index (χ2n) is 4.84. The van der Waals surface area contributed by atoms with Gasteiger partial charge in [-0.05, 0) is 12.0 Å². The van der Waals surface area contributed by atoms with Gasteiger partial charge in [-0.3, -0.25) is 10.1 Å². The Balaban J connectivity index is 1.90. The number of rotatable bonds is 7. The van der Waals surface area contributed by atoms with Gasteiger partial charge in [0.2, 0.25) is 11.0 Å². The third-order valence-electron chi connectivity index (χ3n) is 3.13. The van der Waals surface area contributed by atoms with Crippen LogP contribution in [0.5, 0.6) is 0 Å². The first-order chi connectivity index (χ1) is 10.2. The Morgan fingerprint density at radius 2 is 2.05 bits per heavy atom. The summed E-state index contributed by atoms with van der Waals surface area (Å²) in [6, 6.07) is 8.58. The van der Waals surface area contributed by atoms with Gasteiger partial charge in [-0.15, -0.1) is 10.2 Å². The fraction of sp³-hybridized carbons (Fsp3) is 0.400. The van der Waals surface area contributed by atoms with E-state index in [9.17, 15) is 4.79 Å². The van der Waals surface area contributed by atoms with E-state index in [1.165, 1.54) is 24.2 Å². The van der Waals surface area contributed by atoms with E-state index in [-0.39, 0.29) is 5.91 Å². The van der Waals surface area contributed by atoms with Gasteiger partial charge in [0.25, 0.3) is 0 Å². The third-order valence-corrected chi connectivity index (χ3v) is 4.03. The van der Waals surface area contributed by atoms with Crippen molar-refractivity contribution in [2.75, 3.05) is 5.32 Å². The largest absolute Gasteiger partial charge is 0.316 e. The average Bonchev–Trinajstić information content (AvgIpc) is 2.95. The van der Waals surface area contributed by atoms with Gasteiger partial charge < -0.3 is 5.73 Å². The number of nitrogens with two attached hydrogens (primary N) is 1. The highest BCUT2D eigenvalue weighted by molar-refractivity contribution is 7.15. The molecule has 0 aliphatic carbocycles. The molecule has 0 aliphatic heterocycles. The quantitative estimate of drug-likeness (QED) is 0.771. The molecule has 0 fully saturated rings. The van der Waals surface area contributed by atoms with Crippen LogP contribution in [0.15, 0.2) is 30.3 Å². The van der Waals surface area contributed by atoms with E-state index in [0.717, 1.165) is 23.4 Å². The molecule has 0 radical (unpaired) electrons. The highest BCUT2D eigenvalue weighted by atomic mass is 32.1. The van der Waals surface area contributed by atoms with Crippen molar-refractivity contribution in [1.29, 1.82) is 0 Å². The minimum absolute atomic E-state index is 0.266. The summed E-state index contributed by atoms with van der Waals surface area (Å²) in [5.41, 5.74) is 6.72. The first-order valence-corrected chi connectivity index (χ1v) is 7.96. The van der Waals surface area contributed by atoms with Crippen LogP contribution in [0, 0.1) is 0 Å². The van der Waals surface area contributed by atoms with E-state index in [0.29, 0.717) is 5.13 Å². The zero-order chi connectivity index (χ0) is 15.1. The summed E-state index contributed by atoms with van der Waals surface area (Å²) in [7, 11) is 0. The fourth-order valence-electron chi connectivity index (χ4n) is 1.93. The van der Waals surface area contributed by atoms with Crippen LogP contribution in [0.2, 0.25) is 0 Å². The zero-order valence-corrected chi connectivity index (χ0v) is 12.9. The van der Waals surface area contributed by atoms with Gasteiger partial charge in [-0.1, -0.05) is 61.4 Å². The molecule has 0 spiro atoms. The second-order valence-corrected chi connectivity index (χ2v) is 5.90. The molecule has 1 atom stereocenters. The maximum absolute atomic E-state index is 12.1. The normalized spacial score (nSPS) is 12.1. The van der Waals surface area contributed by atoms with Crippen LogP contribution in [0.1, 0.15) is 42.8 Å². The van der Waals surface area contributed by atoms with Gasteiger partial charge in [0.05, 0.1) is 0 Å². The van der Waals surface area contributed by atoms with Crippen LogP contribution in [-0.4, -0.2) is 16.1 Å². The molecule has 112 valence electrons. The van der Waals surface area contributed by atoms with Crippen LogP contribution in [0.25, 0.3) is 0 Å². The number of amides is 1. The van der Waals surface area contributed by atoms with Crippen molar-refractivity contribution in [2.24, 2.45) is 5.73 Å². The number of aryl methyl sites for hydroxylation is 1. The average molecular weight is 304 g/mol. The van der Waals surface area contributed by atoms with Crippen LogP contribution >= 0.6 is 11.3 Å². The first kappa shape index (κ1) is 15.6. The number of nitrogens with zero attached hydrogens (tertiary/aromatic N) is 2. The van der Waals surface area contributed by atoms with Crippen molar-refractivity contribution in [3.63, 3.8) is 0 Å². The van der Waals surface area contributed by atoms with E-state index in [1.807, 2.05) is 30.3 Å². The second kappa shape index (κ2) is 7.85.